The summed E-state index contributed by atoms with van der Waals surface area (Å²) < 4.78 is 5.44. The summed E-state index contributed by atoms with van der Waals surface area (Å²) in [5.74, 6) is 5.78. The quantitative estimate of drug-likeness (QED) is 0.567. The third-order valence-electron chi connectivity index (χ3n) is 2.48. The Balaban J connectivity index is 2.07. The molecule has 0 aromatic heterocycles. The van der Waals surface area contributed by atoms with Crippen molar-refractivity contribution >= 4 is 11.6 Å². The molecule has 1 aromatic rings. The maximum Gasteiger partial charge on any atom is 0.0897 e. The minimum atomic E-state index is -0.498. The molecule has 1 atom stereocenters. The molecule has 4 heteroatoms. The van der Waals surface area contributed by atoms with E-state index in [1.54, 1.807) is 0 Å². The molecule has 0 spiro atoms. The average Bonchev–Trinajstić information content (AvgIpc) is 2.41. The second kappa shape index (κ2) is 9.82. The molecule has 19 heavy (non-hydrogen) atoms. The van der Waals surface area contributed by atoms with Gasteiger partial charge in [-0.15, -0.1) is 11.8 Å². The SMILES string of the molecule is CC#CCCNCC(O)COCc1ccc(Cl)cc1. The van der Waals surface area contributed by atoms with E-state index < -0.39 is 6.10 Å². The van der Waals surface area contributed by atoms with Crippen molar-refractivity contribution in [3.05, 3.63) is 34.9 Å². The van der Waals surface area contributed by atoms with Gasteiger partial charge in [-0.05, 0) is 24.6 Å². The largest absolute Gasteiger partial charge is 0.389 e. The number of aliphatic hydroxyl groups is 1. The number of rotatable bonds is 8. The molecule has 1 rings (SSSR count). The van der Waals surface area contributed by atoms with Crippen molar-refractivity contribution in [3.63, 3.8) is 0 Å². The number of nitrogens with one attached hydrogen (secondary N) is 1. The summed E-state index contributed by atoms with van der Waals surface area (Å²) in [7, 11) is 0. The Hall–Kier alpha value is -1.05. The molecule has 1 unspecified atom stereocenters. The molecule has 0 amide bonds. The minimum absolute atomic E-state index is 0.315. The topological polar surface area (TPSA) is 41.5 Å². The lowest BCUT2D eigenvalue weighted by Gasteiger charge is -2.12. The monoisotopic (exact) mass is 281 g/mol. The molecule has 104 valence electrons. The lowest BCUT2D eigenvalue weighted by Crippen LogP contribution is -2.30. The van der Waals surface area contributed by atoms with Gasteiger partial charge in [0.25, 0.3) is 0 Å². The Labute approximate surface area is 119 Å². The van der Waals surface area contributed by atoms with E-state index in [1.165, 1.54) is 0 Å². The molecular weight excluding hydrogens is 262 g/mol. The lowest BCUT2D eigenvalue weighted by molar-refractivity contribution is 0.0290. The zero-order valence-corrected chi connectivity index (χ0v) is 11.9. The van der Waals surface area contributed by atoms with E-state index in [0.29, 0.717) is 24.8 Å². The van der Waals surface area contributed by atoms with Crippen LogP contribution < -0.4 is 5.32 Å². The van der Waals surface area contributed by atoms with E-state index in [1.807, 2.05) is 31.2 Å². The summed E-state index contributed by atoms with van der Waals surface area (Å²) in [6.07, 6.45) is 0.302. The third-order valence-corrected chi connectivity index (χ3v) is 2.73. The third kappa shape index (κ3) is 7.86. The van der Waals surface area contributed by atoms with Crippen LogP contribution in [-0.4, -0.2) is 30.9 Å². The minimum Gasteiger partial charge on any atom is -0.389 e. The molecule has 0 saturated heterocycles. The van der Waals surface area contributed by atoms with Crippen LogP contribution in [-0.2, 0) is 11.3 Å². The lowest BCUT2D eigenvalue weighted by atomic mass is 10.2. The van der Waals surface area contributed by atoms with E-state index in [2.05, 4.69) is 17.2 Å². The Morgan fingerprint density at radius 1 is 1.37 bits per heavy atom. The Morgan fingerprint density at radius 3 is 2.79 bits per heavy atom. The maximum atomic E-state index is 9.68. The van der Waals surface area contributed by atoms with Gasteiger partial charge in [0.15, 0.2) is 0 Å². The number of aliphatic hydroxyl groups excluding tert-OH is 1. The molecule has 0 aliphatic heterocycles. The van der Waals surface area contributed by atoms with Crippen LogP contribution >= 0.6 is 11.6 Å². The van der Waals surface area contributed by atoms with Gasteiger partial charge in [0.05, 0.1) is 19.3 Å². The molecule has 0 saturated carbocycles. The van der Waals surface area contributed by atoms with Gasteiger partial charge >= 0.3 is 0 Å². The van der Waals surface area contributed by atoms with Crippen LogP contribution in [0.3, 0.4) is 0 Å². The van der Waals surface area contributed by atoms with Crippen LogP contribution in [0, 0.1) is 11.8 Å². The fourth-order valence-electron chi connectivity index (χ4n) is 1.50. The van der Waals surface area contributed by atoms with E-state index >= 15 is 0 Å². The van der Waals surface area contributed by atoms with Crippen LogP contribution in [0.4, 0.5) is 0 Å². The molecule has 0 bridgehead atoms. The number of ether oxygens (including phenoxy) is 1. The van der Waals surface area contributed by atoms with Gasteiger partial charge in [-0.2, -0.15) is 0 Å². The van der Waals surface area contributed by atoms with Gasteiger partial charge in [0.2, 0.25) is 0 Å². The summed E-state index contributed by atoms with van der Waals surface area (Å²) >= 11 is 5.79. The van der Waals surface area contributed by atoms with Gasteiger partial charge in [-0.25, -0.2) is 0 Å². The summed E-state index contributed by atoms with van der Waals surface area (Å²) in [6, 6.07) is 7.48. The van der Waals surface area contributed by atoms with E-state index in [9.17, 15) is 5.11 Å². The highest BCUT2D eigenvalue weighted by Crippen LogP contribution is 2.10. The standard InChI is InChI=1S/C15H20ClNO2/c1-2-3-4-9-17-10-15(18)12-19-11-13-5-7-14(16)8-6-13/h5-8,15,17-18H,4,9-12H2,1H3. The summed E-state index contributed by atoms with van der Waals surface area (Å²) in [6.45, 7) is 3.92. The van der Waals surface area contributed by atoms with E-state index in [-0.39, 0.29) is 0 Å². The van der Waals surface area contributed by atoms with E-state index in [4.69, 9.17) is 16.3 Å². The van der Waals surface area contributed by atoms with Crippen LogP contribution in [0.5, 0.6) is 0 Å². The number of hydrogen-bond acceptors (Lipinski definition) is 3. The first kappa shape index (κ1) is 16.0. The first-order chi connectivity index (χ1) is 9.22. The van der Waals surface area contributed by atoms with Crippen molar-refractivity contribution in [2.24, 2.45) is 0 Å². The molecule has 0 radical (unpaired) electrons. The zero-order valence-electron chi connectivity index (χ0n) is 11.2. The van der Waals surface area contributed by atoms with Gasteiger partial charge in [-0.3, -0.25) is 0 Å². The number of benzene rings is 1. The molecular formula is C15H20ClNO2. The summed E-state index contributed by atoms with van der Waals surface area (Å²) in [5.41, 5.74) is 1.04. The van der Waals surface area contributed by atoms with Crippen molar-refractivity contribution in [3.8, 4) is 11.8 Å². The van der Waals surface area contributed by atoms with Gasteiger partial charge in [0, 0.05) is 24.5 Å². The highest BCUT2D eigenvalue weighted by atomic mass is 35.5. The van der Waals surface area contributed by atoms with Crippen LogP contribution in [0.15, 0.2) is 24.3 Å². The predicted molar refractivity (Wildman–Crippen MR) is 78.1 cm³/mol. The van der Waals surface area contributed by atoms with Crippen molar-refractivity contribution in [1.82, 2.24) is 5.32 Å². The van der Waals surface area contributed by atoms with Crippen LogP contribution in [0.1, 0.15) is 18.9 Å². The van der Waals surface area contributed by atoms with E-state index in [0.717, 1.165) is 18.5 Å². The Morgan fingerprint density at radius 2 is 2.11 bits per heavy atom. The Kier molecular flexibility index (Phi) is 8.28. The Bertz CT molecular complexity index is 408. The highest BCUT2D eigenvalue weighted by molar-refractivity contribution is 6.30. The molecule has 0 fully saturated rings. The average molecular weight is 282 g/mol. The van der Waals surface area contributed by atoms with Gasteiger partial charge < -0.3 is 15.2 Å². The smallest absolute Gasteiger partial charge is 0.0897 e. The number of halogens is 1. The molecule has 3 nitrogen and oxygen atoms in total. The second-order valence-corrected chi connectivity index (χ2v) is 4.61. The second-order valence-electron chi connectivity index (χ2n) is 4.18. The van der Waals surface area contributed by atoms with Gasteiger partial charge in [-0.1, -0.05) is 23.7 Å². The molecule has 0 aliphatic rings. The van der Waals surface area contributed by atoms with Crippen LogP contribution in [0.2, 0.25) is 5.02 Å². The molecule has 1 aromatic carbocycles. The molecule has 0 aliphatic carbocycles. The fraction of sp³-hybridized carbons (Fsp3) is 0.467. The first-order valence-electron chi connectivity index (χ1n) is 6.33. The van der Waals surface area contributed by atoms with Gasteiger partial charge in [0.1, 0.15) is 0 Å². The summed E-state index contributed by atoms with van der Waals surface area (Å²) in [4.78, 5) is 0. The molecule has 0 heterocycles. The van der Waals surface area contributed by atoms with Crippen molar-refractivity contribution in [1.29, 1.82) is 0 Å². The predicted octanol–water partition coefficient (Wildman–Crippen LogP) is 2.22. The molecule has 2 N–H and O–H groups in total. The number of hydrogen-bond donors (Lipinski definition) is 2. The first-order valence-corrected chi connectivity index (χ1v) is 6.70. The highest BCUT2D eigenvalue weighted by Gasteiger charge is 2.03. The summed E-state index contributed by atoms with van der Waals surface area (Å²) in [5, 5.41) is 13.5. The van der Waals surface area contributed by atoms with Crippen molar-refractivity contribution < 1.29 is 9.84 Å². The van der Waals surface area contributed by atoms with Crippen molar-refractivity contribution in [2.75, 3.05) is 19.7 Å². The van der Waals surface area contributed by atoms with Crippen molar-refractivity contribution in [2.45, 2.75) is 26.1 Å². The maximum absolute atomic E-state index is 9.68. The zero-order chi connectivity index (χ0) is 13.9. The fourth-order valence-corrected chi connectivity index (χ4v) is 1.62. The normalized spacial score (nSPS) is 11.7. The van der Waals surface area contributed by atoms with Crippen LogP contribution in [0.25, 0.3) is 0 Å².